The molecule has 0 aliphatic rings. The standard InChI is InChI=1S/C14H14N2O4/c1-10(18)13-15-7-12(8-17)16(13)9-20-14(19)11-5-3-2-4-6-11/h2-7,17H,8-9H2,1H3. The van der Waals surface area contributed by atoms with Gasteiger partial charge in [0.05, 0.1) is 24.1 Å². The lowest BCUT2D eigenvalue weighted by Gasteiger charge is -2.10. The SMILES string of the molecule is CC(=O)c1ncc(CO)n1COC(=O)c1ccccc1. The van der Waals surface area contributed by atoms with Gasteiger partial charge in [0, 0.05) is 6.92 Å². The molecule has 1 aromatic carbocycles. The lowest BCUT2D eigenvalue weighted by atomic mass is 10.2. The van der Waals surface area contributed by atoms with Crippen LogP contribution in [0.2, 0.25) is 0 Å². The number of aliphatic hydroxyl groups is 1. The summed E-state index contributed by atoms with van der Waals surface area (Å²) in [6, 6.07) is 8.52. The number of aliphatic hydroxyl groups excluding tert-OH is 1. The summed E-state index contributed by atoms with van der Waals surface area (Å²) in [6.07, 6.45) is 1.38. The van der Waals surface area contributed by atoms with Crippen molar-refractivity contribution in [2.45, 2.75) is 20.3 Å². The Labute approximate surface area is 115 Å². The average molecular weight is 274 g/mol. The van der Waals surface area contributed by atoms with Gasteiger partial charge in [0.2, 0.25) is 0 Å². The average Bonchev–Trinajstić information content (AvgIpc) is 2.88. The van der Waals surface area contributed by atoms with Crippen molar-refractivity contribution in [3.05, 3.63) is 53.6 Å². The number of esters is 1. The first kappa shape index (κ1) is 14.0. The Morgan fingerprint density at radius 3 is 2.60 bits per heavy atom. The number of rotatable bonds is 5. The van der Waals surface area contributed by atoms with E-state index in [4.69, 9.17) is 4.74 Å². The minimum Gasteiger partial charge on any atom is -0.440 e. The lowest BCUT2D eigenvalue weighted by molar-refractivity contribution is 0.0354. The van der Waals surface area contributed by atoms with E-state index in [1.807, 2.05) is 0 Å². The van der Waals surface area contributed by atoms with Crippen LogP contribution < -0.4 is 0 Å². The Bertz CT molecular complexity index is 619. The number of hydrogen-bond acceptors (Lipinski definition) is 5. The van der Waals surface area contributed by atoms with Crippen molar-refractivity contribution in [2.75, 3.05) is 0 Å². The van der Waals surface area contributed by atoms with Gasteiger partial charge in [0.1, 0.15) is 0 Å². The van der Waals surface area contributed by atoms with Gasteiger partial charge in [-0.1, -0.05) is 18.2 Å². The molecule has 20 heavy (non-hydrogen) atoms. The van der Waals surface area contributed by atoms with Crippen LogP contribution in [-0.4, -0.2) is 26.4 Å². The monoisotopic (exact) mass is 274 g/mol. The van der Waals surface area contributed by atoms with Gasteiger partial charge in [-0.3, -0.25) is 9.36 Å². The lowest BCUT2D eigenvalue weighted by Crippen LogP contribution is -2.16. The summed E-state index contributed by atoms with van der Waals surface area (Å²) in [5.74, 6) is -0.618. The molecule has 6 heteroatoms. The third-order valence-electron chi connectivity index (χ3n) is 2.75. The maximum Gasteiger partial charge on any atom is 0.339 e. The highest BCUT2D eigenvalue weighted by atomic mass is 16.5. The molecule has 6 nitrogen and oxygen atoms in total. The van der Waals surface area contributed by atoms with E-state index in [1.54, 1.807) is 30.3 Å². The Kier molecular flexibility index (Phi) is 4.27. The number of nitrogens with zero attached hydrogens (tertiary/aromatic N) is 2. The zero-order chi connectivity index (χ0) is 14.5. The molecule has 0 unspecified atom stereocenters. The third kappa shape index (κ3) is 2.92. The van der Waals surface area contributed by atoms with E-state index in [-0.39, 0.29) is 24.9 Å². The van der Waals surface area contributed by atoms with Crippen molar-refractivity contribution in [1.29, 1.82) is 0 Å². The van der Waals surface area contributed by atoms with Crippen LogP contribution >= 0.6 is 0 Å². The van der Waals surface area contributed by atoms with Gasteiger partial charge in [-0.05, 0) is 12.1 Å². The van der Waals surface area contributed by atoms with Crippen molar-refractivity contribution in [1.82, 2.24) is 9.55 Å². The molecule has 2 rings (SSSR count). The van der Waals surface area contributed by atoms with Gasteiger partial charge < -0.3 is 9.84 Å². The predicted octanol–water partition coefficient (Wildman–Crippen LogP) is 1.39. The van der Waals surface area contributed by atoms with Gasteiger partial charge in [-0.25, -0.2) is 9.78 Å². The highest BCUT2D eigenvalue weighted by molar-refractivity contribution is 5.91. The summed E-state index contributed by atoms with van der Waals surface area (Å²) in [7, 11) is 0. The zero-order valence-electron chi connectivity index (χ0n) is 10.9. The molecular formula is C14H14N2O4. The maximum atomic E-state index is 11.8. The second-order valence-corrected chi connectivity index (χ2v) is 4.14. The zero-order valence-corrected chi connectivity index (χ0v) is 10.9. The topological polar surface area (TPSA) is 81.4 Å². The second kappa shape index (κ2) is 6.12. The van der Waals surface area contributed by atoms with E-state index in [2.05, 4.69) is 4.98 Å². The quantitative estimate of drug-likeness (QED) is 0.658. The summed E-state index contributed by atoms with van der Waals surface area (Å²) < 4.78 is 6.50. The van der Waals surface area contributed by atoms with E-state index in [1.165, 1.54) is 17.7 Å². The van der Waals surface area contributed by atoms with E-state index in [0.717, 1.165) is 0 Å². The number of ketones is 1. The molecule has 0 fully saturated rings. The Morgan fingerprint density at radius 1 is 1.30 bits per heavy atom. The number of imidazole rings is 1. The molecule has 1 N–H and O–H groups in total. The highest BCUT2D eigenvalue weighted by Gasteiger charge is 2.15. The molecule has 0 saturated heterocycles. The van der Waals surface area contributed by atoms with Crippen molar-refractivity contribution < 1.29 is 19.4 Å². The largest absolute Gasteiger partial charge is 0.440 e. The third-order valence-corrected chi connectivity index (χ3v) is 2.75. The minimum absolute atomic E-state index is 0.148. The predicted molar refractivity (Wildman–Crippen MR) is 70.0 cm³/mol. The number of carbonyl (C=O) groups excluding carboxylic acids is 2. The second-order valence-electron chi connectivity index (χ2n) is 4.14. The first-order valence-electron chi connectivity index (χ1n) is 6.02. The van der Waals surface area contributed by atoms with Crippen LogP contribution in [0, 0.1) is 0 Å². The molecule has 0 saturated carbocycles. The molecule has 104 valence electrons. The van der Waals surface area contributed by atoms with Gasteiger partial charge in [0.15, 0.2) is 18.3 Å². The highest BCUT2D eigenvalue weighted by Crippen LogP contribution is 2.09. The van der Waals surface area contributed by atoms with Crippen molar-refractivity contribution in [3.63, 3.8) is 0 Å². The summed E-state index contributed by atoms with van der Waals surface area (Å²) in [4.78, 5) is 27.1. The molecule has 0 bridgehead atoms. The molecule has 2 aromatic rings. The first-order valence-corrected chi connectivity index (χ1v) is 6.02. The number of benzene rings is 1. The van der Waals surface area contributed by atoms with E-state index < -0.39 is 5.97 Å². The Hall–Kier alpha value is -2.47. The molecule has 0 spiro atoms. The smallest absolute Gasteiger partial charge is 0.339 e. The van der Waals surface area contributed by atoms with Crippen molar-refractivity contribution >= 4 is 11.8 Å². The summed E-state index contributed by atoms with van der Waals surface area (Å²) in [5.41, 5.74) is 0.832. The van der Waals surface area contributed by atoms with Crippen LogP contribution in [0.1, 0.15) is 33.6 Å². The van der Waals surface area contributed by atoms with Crippen molar-refractivity contribution in [3.8, 4) is 0 Å². The Morgan fingerprint density at radius 2 is 2.00 bits per heavy atom. The number of carbonyl (C=O) groups is 2. The van der Waals surface area contributed by atoms with Gasteiger partial charge >= 0.3 is 5.97 Å². The fraction of sp³-hybridized carbons (Fsp3) is 0.214. The molecule has 0 radical (unpaired) electrons. The van der Waals surface area contributed by atoms with E-state index in [9.17, 15) is 14.7 Å². The molecule has 1 heterocycles. The van der Waals surface area contributed by atoms with Crippen LogP contribution in [0.15, 0.2) is 36.5 Å². The summed E-state index contributed by atoms with van der Waals surface area (Å²) >= 11 is 0. The van der Waals surface area contributed by atoms with E-state index >= 15 is 0 Å². The maximum absolute atomic E-state index is 11.8. The van der Waals surface area contributed by atoms with Crippen LogP contribution in [0.4, 0.5) is 0 Å². The normalized spacial score (nSPS) is 10.3. The Balaban J connectivity index is 2.13. The molecule has 0 amide bonds. The summed E-state index contributed by atoms with van der Waals surface area (Å²) in [5, 5.41) is 9.18. The molecule has 0 aliphatic heterocycles. The number of hydrogen-bond donors (Lipinski definition) is 1. The minimum atomic E-state index is -0.502. The van der Waals surface area contributed by atoms with Gasteiger partial charge in [-0.2, -0.15) is 0 Å². The molecule has 0 atom stereocenters. The number of Topliss-reactive ketones (excluding diaryl/α,β-unsaturated/α-hetero) is 1. The number of aromatic nitrogens is 2. The van der Waals surface area contributed by atoms with Crippen LogP contribution in [-0.2, 0) is 18.1 Å². The first-order chi connectivity index (χ1) is 9.63. The van der Waals surface area contributed by atoms with Crippen molar-refractivity contribution in [2.24, 2.45) is 0 Å². The fourth-order valence-corrected chi connectivity index (χ4v) is 1.74. The number of ether oxygens (including phenoxy) is 1. The van der Waals surface area contributed by atoms with Crippen LogP contribution in [0.25, 0.3) is 0 Å². The van der Waals surface area contributed by atoms with Gasteiger partial charge in [0.25, 0.3) is 0 Å². The van der Waals surface area contributed by atoms with E-state index in [0.29, 0.717) is 11.3 Å². The summed E-state index contributed by atoms with van der Waals surface area (Å²) in [6.45, 7) is 0.903. The van der Waals surface area contributed by atoms with Crippen LogP contribution in [0.5, 0.6) is 0 Å². The van der Waals surface area contributed by atoms with Gasteiger partial charge in [-0.15, -0.1) is 0 Å². The molecule has 1 aromatic heterocycles. The fourth-order valence-electron chi connectivity index (χ4n) is 1.74. The van der Waals surface area contributed by atoms with Crippen LogP contribution in [0.3, 0.4) is 0 Å². The molecule has 0 aliphatic carbocycles. The molecular weight excluding hydrogens is 260 g/mol.